The third kappa shape index (κ3) is 3.50. The molecule has 0 saturated carbocycles. The summed E-state index contributed by atoms with van der Waals surface area (Å²) in [6.07, 6.45) is 0.131. The molecule has 1 unspecified atom stereocenters. The standard InChI is InChI=1S/C18H22N4O3/c1-11-9-12(2)22(21-11)8-7-19-18(24)14-10-16(23)20-17-13(14)5-4-6-15(17)25-3/h4-6,9,14H,7-8,10H2,1-3H3,(H,19,24)(H,20,23). The minimum Gasteiger partial charge on any atom is -0.495 e. The summed E-state index contributed by atoms with van der Waals surface area (Å²) >= 11 is 0. The first-order chi connectivity index (χ1) is 12.0. The molecule has 2 heterocycles. The van der Waals surface area contributed by atoms with Crippen LogP contribution in [-0.2, 0) is 16.1 Å². The highest BCUT2D eigenvalue weighted by molar-refractivity contribution is 6.02. The number of amides is 2. The van der Waals surface area contributed by atoms with E-state index in [2.05, 4.69) is 15.7 Å². The van der Waals surface area contributed by atoms with Gasteiger partial charge in [0, 0.05) is 18.7 Å². The molecule has 1 aliphatic heterocycles. The van der Waals surface area contributed by atoms with Crippen LogP contribution in [0.15, 0.2) is 24.3 Å². The number of fused-ring (bicyclic) bond motifs is 1. The average molecular weight is 342 g/mol. The number of carbonyl (C=O) groups excluding carboxylic acids is 2. The zero-order valence-electron chi connectivity index (χ0n) is 14.6. The van der Waals surface area contributed by atoms with Crippen LogP contribution in [0.4, 0.5) is 5.69 Å². The Morgan fingerprint density at radius 1 is 1.44 bits per heavy atom. The molecule has 0 fully saturated rings. The Bertz CT molecular complexity index is 813. The molecule has 1 atom stereocenters. The van der Waals surface area contributed by atoms with Crippen LogP contribution in [0.3, 0.4) is 0 Å². The number of para-hydroxylation sites is 1. The minimum absolute atomic E-state index is 0.131. The molecule has 1 aromatic carbocycles. The zero-order chi connectivity index (χ0) is 18.0. The third-order valence-corrected chi connectivity index (χ3v) is 4.35. The Morgan fingerprint density at radius 3 is 2.92 bits per heavy atom. The summed E-state index contributed by atoms with van der Waals surface area (Å²) in [5, 5.41) is 10.1. The van der Waals surface area contributed by atoms with Crippen molar-refractivity contribution in [3.05, 3.63) is 41.2 Å². The van der Waals surface area contributed by atoms with E-state index in [1.54, 1.807) is 13.2 Å². The Hall–Kier alpha value is -2.83. The summed E-state index contributed by atoms with van der Waals surface area (Å²) < 4.78 is 7.15. The van der Waals surface area contributed by atoms with Crippen LogP contribution in [0.25, 0.3) is 0 Å². The number of benzene rings is 1. The molecule has 2 N–H and O–H groups in total. The maximum absolute atomic E-state index is 12.6. The van der Waals surface area contributed by atoms with Gasteiger partial charge in [0.15, 0.2) is 0 Å². The van der Waals surface area contributed by atoms with E-state index in [9.17, 15) is 9.59 Å². The van der Waals surface area contributed by atoms with E-state index in [1.165, 1.54) is 0 Å². The topological polar surface area (TPSA) is 85.2 Å². The van der Waals surface area contributed by atoms with E-state index in [0.717, 1.165) is 17.0 Å². The van der Waals surface area contributed by atoms with Crippen LogP contribution >= 0.6 is 0 Å². The zero-order valence-corrected chi connectivity index (χ0v) is 14.6. The SMILES string of the molecule is COc1cccc2c1NC(=O)CC2C(=O)NCCn1nc(C)cc1C. The lowest BCUT2D eigenvalue weighted by atomic mass is 9.89. The monoisotopic (exact) mass is 342 g/mol. The van der Waals surface area contributed by atoms with E-state index < -0.39 is 5.92 Å². The molecule has 0 aliphatic carbocycles. The first-order valence-electron chi connectivity index (χ1n) is 8.25. The molecule has 132 valence electrons. The van der Waals surface area contributed by atoms with Crippen molar-refractivity contribution in [2.75, 3.05) is 19.0 Å². The highest BCUT2D eigenvalue weighted by Gasteiger charge is 2.32. The van der Waals surface area contributed by atoms with Crippen molar-refractivity contribution in [3.8, 4) is 5.75 Å². The largest absolute Gasteiger partial charge is 0.495 e. The van der Waals surface area contributed by atoms with Gasteiger partial charge in [-0.1, -0.05) is 12.1 Å². The van der Waals surface area contributed by atoms with E-state index in [-0.39, 0.29) is 18.2 Å². The number of ether oxygens (including phenoxy) is 1. The van der Waals surface area contributed by atoms with Gasteiger partial charge in [-0.2, -0.15) is 5.10 Å². The van der Waals surface area contributed by atoms with Gasteiger partial charge in [-0.05, 0) is 31.5 Å². The number of hydrogen-bond donors (Lipinski definition) is 2. The Labute approximate surface area is 146 Å². The summed E-state index contributed by atoms with van der Waals surface area (Å²) in [6, 6.07) is 7.44. The van der Waals surface area contributed by atoms with Crippen LogP contribution in [0, 0.1) is 13.8 Å². The second-order valence-electron chi connectivity index (χ2n) is 6.17. The summed E-state index contributed by atoms with van der Waals surface area (Å²) in [4.78, 5) is 24.6. The van der Waals surface area contributed by atoms with Crippen molar-refractivity contribution in [1.82, 2.24) is 15.1 Å². The third-order valence-electron chi connectivity index (χ3n) is 4.35. The number of aromatic nitrogens is 2. The number of nitrogens with one attached hydrogen (secondary N) is 2. The van der Waals surface area contributed by atoms with Crippen molar-refractivity contribution >= 4 is 17.5 Å². The molecule has 1 aliphatic rings. The van der Waals surface area contributed by atoms with Crippen molar-refractivity contribution in [3.63, 3.8) is 0 Å². The second kappa shape index (κ2) is 6.96. The maximum atomic E-state index is 12.6. The molecule has 2 aromatic rings. The quantitative estimate of drug-likeness (QED) is 0.867. The summed E-state index contributed by atoms with van der Waals surface area (Å²) in [5.74, 6) is -0.299. The van der Waals surface area contributed by atoms with E-state index in [1.807, 2.05) is 36.7 Å². The molecule has 2 amide bonds. The molecule has 3 rings (SSSR count). The Morgan fingerprint density at radius 2 is 2.24 bits per heavy atom. The van der Waals surface area contributed by atoms with Crippen molar-refractivity contribution in [2.24, 2.45) is 0 Å². The van der Waals surface area contributed by atoms with Crippen LogP contribution in [-0.4, -0.2) is 35.2 Å². The highest BCUT2D eigenvalue weighted by Crippen LogP contribution is 2.38. The first-order valence-corrected chi connectivity index (χ1v) is 8.25. The highest BCUT2D eigenvalue weighted by atomic mass is 16.5. The minimum atomic E-state index is -0.515. The smallest absolute Gasteiger partial charge is 0.228 e. The molecular formula is C18H22N4O3. The fraction of sp³-hybridized carbons (Fsp3) is 0.389. The van der Waals surface area contributed by atoms with Gasteiger partial charge in [0.05, 0.1) is 31.0 Å². The van der Waals surface area contributed by atoms with Gasteiger partial charge in [0.1, 0.15) is 5.75 Å². The number of nitrogens with zero attached hydrogens (tertiary/aromatic N) is 2. The molecule has 1 aromatic heterocycles. The van der Waals surface area contributed by atoms with Gasteiger partial charge < -0.3 is 15.4 Å². The molecule has 0 bridgehead atoms. The molecule has 25 heavy (non-hydrogen) atoms. The van der Waals surface area contributed by atoms with Crippen LogP contribution < -0.4 is 15.4 Å². The van der Waals surface area contributed by atoms with Gasteiger partial charge in [-0.15, -0.1) is 0 Å². The normalized spacial score (nSPS) is 16.1. The van der Waals surface area contributed by atoms with Gasteiger partial charge in [0.2, 0.25) is 11.8 Å². The van der Waals surface area contributed by atoms with E-state index >= 15 is 0 Å². The number of methoxy groups -OCH3 is 1. The van der Waals surface area contributed by atoms with E-state index in [0.29, 0.717) is 24.5 Å². The lowest BCUT2D eigenvalue weighted by Gasteiger charge is -2.26. The predicted molar refractivity (Wildman–Crippen MR) is 93.7 cm³/mol. The summed E-state index contributed by atoms with van der Waals surface area (Å²) in [7, 11) is 1.54. The Kier molecular flexibility index (Phi) is 4.74. The fourth-order valence-corrected chi connectivity index (χ4v) is 3.17. The average Bonchev–Trinajstić information content (AvgIpc) is 2.91. The number of carbonyl (C=O) groups is 2. The molecule has 7 nitrogen and oxygen atoms in total. The van der Waals surface area contributed by atoms with Gasteiger partial charge in [-0.25, -0.2) is 0 Å². The Balaban J connectivity index is 1.70. The number of aryl methyl sites for hydroxylation is 2. The summed E-state index contributed by atoms with van der Waals surface area (Å²) in [5.41, 5.74) is 3.37. The molecule has 0 radical (unpaired) electrons. The summed E-state index contributed by atoms with van der Waals surface area (Å²) in [6.45, 7) is 4.97. The number of hydrogen-bond acceptors (Lipinski definition) is 4. The van der Waals surface area contributed by atoms with Crippen molar-refractivity contribution < 1.29 is 14.3 Å². The lowest BCUT2D eigenvalue weighted by Crippen LogP contribution is -2.36. The van der Waals surface area contributed by atoms with Crippen molar-refractivity contribution in [2.45, 2.75) is 32.7 Å². The molecule has 7 heteroatoms. The number of rotatable bonds is 5. The molecular weight excluding hydrogens is 320 g/mol. The van der Waals surface area contributed by atoms with Gasteiger partial charge in [0.25, 0.3) is 0 Å². The van der Waals surface area contributed by atoms with Gasteiger partial charge >= 0.3 is 0 Å². The lowest BCUT2D eigenvalue weighted by molar-refractivity contribution is -0.126. The predicted octanol–water partition coefficient (Wildman–Crippen LogP) is 1.75. The second-order valence-corrected chi connectivity index (χ2v) is 6.17. The maximum Gasteiger partial charge on any atom is 0.228 e. The van der Waals surface area contributed by atoms with E-state index in [4.69, 9.17) is 4.74 Å². The van der Waals surface area contributed by atoms with Crippen LogP contribution in [0.5, 0.6) is 5.75 Å². The van der Waals surface area contributed by atoms with Crippen LogP contribution in [0.2, 0.25) is 0 Å². The number of anilines is 1. The van der Waals surface area contributed by atoms with Gasteiger partial charge in [-0.3, -0.25) is 14.3 Å². The fourth-order valence-electron chi connectivity index (χ4n) is 3.17. The first kappa shape index (κ1) is 17.0. The molecule has 0 saturated heterocycles. The molecule has 0 spiro atoms. The van der Waals surface area contributed by atoms with Crippen molar-refractivity contribution in [1.29, 1.82) is 0 Å². The van der Waals surface area contributed by atoms with Crippen LogP contribution in [0.1, 0.15) is 29.3 Å².